The van der Waals surface area contributed by atoms with Gasteiger partial charge in [0.25, 0.3) is 17.2 Å². The van der Waals surface area contributed by atoms with Gasteiger partial charge < -0.3 is 0 Å². The lowest BCUT2D eigenvalue weighted by atomic mass is 10.1. The number of fused-ring (bicyclic) bond motifs is 1. The second-order valence-electron chi connectivity index (χ2n) is 3.97. The van der Waals surface area contributed by atoms with Gasteiger partial charge in [-0.25, -0.2) is 16.8 Å². The van der Waals surface area contributed by atoms with E-state index in [1.54, 1.807) is 34.5 Å². The van der Waals surface area contributed by atoms with Crippen molar-refractivity contribution >= 4 is 55.3 Å². The molecule has 0 heterocycles. The molecule has 2 aromatic rings. The fourth-order valence-corrected chi connectivity index (χ4v) is 6.12. The van der Waals surface area contributed by atoms with Gasteiger partial charge in [-0.05, 0) is 23.1 Å². The molecule has 0 amide bonds. The minimum atomic E-state index is -4.17. The molecule has 20 heavy (non-hydrogen) atoms. The average molecular weight is 423 g/mol. The molecule has 0 spiro atoms. The number of sulfonamides is 1. The SMILES string of the molecule is C=Cc1cc(S(=O)(=O)NS(=O)(=O)I)c2ccccc2c1. The monoisotopic (exact) mass is 423 g/mol. The van der Waals surface area contributed by atoms with Crippen molar-refractivity contribution in [2.24, 2.45) is 0 Å². The lowest BCUT2D eigenvalue weighted by Crippen LogP contribution is -2.26. The van der Waals surface area contributed by atoms with E-state index in [2.05, 4.69) is 6.58 Å². The van der Waals surface area contributed by atoms with Crippen molar-refractivity contribution in [3.63, 3.8) is 0 Å². The average Bonchev–Trinajstić information content (AvgIpc) is 2.34. The van der Waals surface area contributed by atoms with Crippen LogP contribution in [0.15, 0.2) is 47.9 Å². The predicted octanol–water partition coefficient (Wildman–Crippen LogP) is 2.44. The van der Waals surface area contributed by atoms with Gasteiger partial charge in [-0.2, -0.15) is 0 Å². The van der Waals surface area contributed by atoms with Crippen molar-refractivity contribution in [1.82, 2.24) is 4.13 Å². The highest BCUT2D eigenvalue weighted by Crippen LogP contribution is 2.26. The first-order valence-electron chi connectivity index (χ1n) is 5.36. The fourth-order valence-electron chi connectivity index (χ4n) is 1.81. The summed E-state index contributed by atoms with van der Waals surface area (Å²) in [5.41, 5.74) is 0.593. The molecule has 1 N–H and O–H groups in total. The van der Waals surface area contributed by atoms with Gasteiger partial charge in [0, 0.05) is 5.39 Å². The number of rotatable bonds is 4. The minimum Gasteiger partial charge on any atom is -0.206 e. The first-order valence-corrected chi connectivity index (χ1v) is 10.9. The summed E-state index contributed by atoms with van der Waals surface area (Å²) in [5.74, 6) is 0. The molecule has 0 bridgehead atoms. The summed E-state index contributed by atoms with van der Waals surface area (Å²) in [6, 6.07) is 10.00. The number of hydrogen-bond donors (Lipinski definition) is 1. The van der Waals surface area contributed by atoms with E-state index in [1.807, 2.05) is 0 Å². The summed E-state index contributed by atoms with van der Waals surface area (Å²) < 4.78 is 48.4. The fraction of sp³-hybridized carbons (Fsp3) is 0. The van der Waals surface area contributed by atoms with Gasteiger partial charge in [0.15, 0.2) is 0 Å². The smallest absolute Gasteiger partial charge is 0.206 e. The largest absolute Gasteiger partial charge is 0.278 e. The zero-order valence-electron chi connectivity index (χ0n) is 10.1. The first-order chi connectivity index (χ1) is 9.23. The molecule has 106 valence electrons. The van der Waals surface area contributed by atoms with E-state index >= 15 is 0 Å². The Kier molecular flexibility index (Phi) is 4.19. The Hall–Kier alpha value is -0.970. The number of benzene rings is 2. The lowest BCUT2D eigenvalue weighted by Gasteiger charge is -2.09. The summed E-state index contributed by atoms with van der Waals surface area (Å²) in [5, 5.41) is 1.14. The molecule has 0 saturated carbocycles. The van der Waals surface area contributed by atoms with Crippen molar-refractivity contribution < 1.29 is 16.8 Å². The van der Waals surface area contributed by atoms with Crippen LogP contribution in [0.4, 0.5) is 0 Å². The Morgan fingerprint density at radius 2 is 1.75 bits per heavy atom. The molecule has 2 rings (SSSR count). The Balaban J connectivity index is 2.79. The maximum atomic E-state index is 12.2. The van der Waals surface area contributed by atoms with Crippen LogP contribution in [0.5, 0.6) is 0 Å². The predicted molar refractivity (Wildman–Crippen MR) is 87.3 cm³/mol. The number of nitrogens with one attached hydrogen (secondary N) is 1. The van der Waals surface area contributed by atoms with Crippen LogP contribution < -0.4 is 4.13 Å². The first kappa shape index (κ1) is 15.4. The minimum absolute atomic E-state index is 0.0919. The normalized spacial score (nSPS) is 12.4. The van der Waals surface area contributed by atoms with Gasteiger partial charge in [0.05, 0.1) is 26.1 Å². The Morgan fingerprint density at radius 3 is 2.35 bits per heavy atom. The van der Waals surface area contributed by atoms with E-state index in [9.17, 15) is 16.8 Å². The van der Waals surface area contributed by atoms with E-state index < -0.39 is 17.2 Å². The summed E-state index contributed by atoms with van der Waals surface area (Å²) in [6.45, 7) is 3.60. The number of hydrogen-bond acceptors (Lipinski definition) is 4. The Labute approximate surface area is 129 Å². The molecular weight excluding hydrogens is 413 g/mol. The van der Waals surface area contributed by atoms with Crippen molar-refractivity contribution in [2.45, 2.75) is 4.90 Å². The van der Waals surface area contributed by atoms with E-state index in [0.717, 1.165) is 21.2 Å². The van der Waals surface area contributed by atoms with Crippen molar-refractivity contribution in [2.75, 3.05) is 0 Å². The van der Waals surface area contributed by atoms with E-state index in [0.29, 0.717) is 16.3 Å². The summed E-state index contributed by atoms with van der Waals surface area (Å²) in [7, 11) is -8.08. The molecule has 0 fully saturated rings. The molecule has 0 aliphatic heterocycles. The van der Waals surface area contributed by atoms with Crippen LogP contribution in [-0.2, 0) is 17.2 Å². The third-order valence-electron chi connectivity index (χ3n) is 2.58. The van der Waals surface area contributed by atoms with Crippen molar-refractivity contribution in [3.05, 3.63) is 48.5 Å². The Bertz CT molecular complexity index is 889. The van der Waals surface area contributed by atoms with Crippen LogP contribution >= 0.6 is 21.2 Å². The quantitative estimate of drug-likeness (QED) is 0.605. The summed E-state index contributed by atoms with van der Waals surface area (Å²) in [4.78, 5) is -0.0919. The lowest BCUT2D eigenvalue weighted by molar-refractivity contribution is 0.585. The summed E-state index contributed by atoms with van der Waals surface area (Å²) in [6.07, 6.45) is 1.50. The van der Waals surface area contributed by atoms with Gasteiger partial charge in [-0.15, -0.1) is 0 Å². The highest BCUT2D eigenvalue weighted by molar-refractivity contribution is 14.2. The maximum Gasteiger partial charge on any atom is 0.278 e. The van der Waals surface area contributed by atoms with E-state index in [1.165, 1.54) is 12.1 Å². The van der Waals surface area contributed by atoms with Gasteiger partial charge in [0.2, 0.25) is 0 Å². The van der Waals surface area contributed by atoms with Gasteiger partial charge in [0.1, 0.15) is 0 Å². The molecule has 0 radical (unpaired) electrons. The van der Waals surface area contributed by atoms with Crippen LogP contribution in [0.2, 0.25) is 0 Å². The third-order valence-corrected chi connectivity index (χ3v) is 6.79. The molecule has 0 saturated heterocycles. The van der Waals surface area contributed by atoms with Gasteiger partial charge in [-0.3, -0.25) is 0 Å². The van der Waals surface area contributed by atoms with Gasteiger partial charge in [-0.1, -0.05) is 41.0 Å². The summed E-state index contributed by atoms with van der Waals surface area (Å²) >= 11 is 1.03. The molecule has 2 aromatic carbocycles. The number of halogens is 1. The van der Waals surface area contributed by atoms with E-state index in [4.69, 9.17) is 0 Å². The van der Waals surface area contributed by atoms with Crippen LogP contribution in [0.1, 0.15) is 5.56 Å². The molecular formula is C12H10INO4S2. The van der Waals surface area contributed by atoms with Crippen molar-refractivity contribution in [1.29, 1.82) is 0 Å². The topological polar surface area (TPSA) is 80.3 Å². The zero-order chi connectivity index (χ0) is 15.0. The molecule has 0 aliphatic rings. The standard InChI is InChI=1S/C12H10INO4S2/c1-2-9-7-10-5-3-4-6-11(10)12(8-9)19(15,16)14-20(13,17)18/h2-8,14H,1H2. The highest BCUT2D eigenvalue weighted by Gasteiger charge is 2.23. The molecule has 0 aromatic heterocycles. The van der Waals surface area contributed by atoms with E-state index in [-0.39, 0.29) is 4.90 Å². The van der Waals surface area contributed by atoms with Crippen LogP contribution in [-0.4, -0.2) is 16.8 Å². The second kappa shape index (κ2) is 5.43. The van der Waals surface area contributed by atoms with Gasteiger partial charge >= 0.3 is 0 Å². The molecule has 0 aliphatic carbocycles. The third kappa shape index (κ3) is 3.37. The highest BCUT2D eigenvalue weighted by atomic mass is 127. The molecule has 0 unspecified atom stereocenters. The second-order valence-corrected chi connectivity index (χ2v) is 10.4. The molecule has 8 heteroatoms. The van der Waals surface area contributed by atoms with Crippen LogP contribution in [0.25, 0.3) is 16.8 Å². The maximum absolute atomic E-state index is 12.2. The molecule has 5 nitrogen and oxygen atoms in total. The molecule has 0 atom stereocenters. The van der Waals surface area contributed by atoms with Crippen LogP contribution in [0, 0.1) is 0 Å². The van der Waals surface area contributed by atoms with Crippen LogP contribution in [0.3, 0.4) is 0 Å². The Morgan fingerprint density at radius 1 is 1.10 bits per heavy atom. The van der Waals surface area contributed by atoms with Crippen molar-refractivity contribution in [3.8, 4) is 0 Å². The zero-order valence-corrected chi connectivity index (χ0v) is 13.9.